The van der Waals surface area contributed by atoms with E-state index in [-0.39, 0.29) is 5.97 Å². The second-order valence-electron chi connectivity index (χ2n) is 6.43. The molecule has 1 atom stereocenters. The Morgan fingerprint density at radius 1 is 1.26 bits per heavy atom. The van der Waals surface area contributed by atoms with Gasteiger partial charge in [0.1, 0.15) is 6.10 Å². The first kappa shape index (κ1) is 16.7. The van der Waals surface area contributed by atoms with Crippen LogP contribution >= 0.6 is 0 Å². The van der Waals surface area contributed by atoms with Gasteiger partial charge in [-0.2, -0.15) is 5.48 Å². The molecule has 112 valence electrons. The van der Waals surface area contributed by atoms with Crippen molar-refractivity contribution in [1.29, 1.82) is 0 Å². The summed E-state index contributed by atoms with van der Waals surface area (Å²) in [5, 5.41) is 0. The van der Waals surface area contributed by atoms with Gasteiger partial charge in [-0.25, -0.2) is 4.79 Å². The molecule has 19 heavy (non-hydrogen) atoms. The SMILES string of the molecule is CNOC(=O)[C@H](CCC1CCCCC1)O[Si](C)(C)C. The monoisotopic (exact) mass is 287 g/mol. The molecule has 0 bridgehead atoms. The molecule has 0 aromatic carbocycles. The maximum atomic E-state index is 11.9. The zero-order valence-electron chi connectivity index (χ0n) is 12.8. The molecule has 0 aromatic heterocycles. The molecule has 1 N–H and O–H groups in total. The van der Waals surface area contributed by atoms with E-state index >= 15 is 0 Å². The standard InChI is InChI=1S/C14H29NO3Si/c1-15-17-14(16)13(18-19(2,3)4)11-10-12-8-6-5-7-9-12/h12-13,15H,5-11H2,1-4H3/t13-/m0/s1. The van der Waals surface area contributed by atoms with Crippen LogP contribution in [0.4, 0.5) is 0 Å². The largest absolute Gasteiger partial charge is 0.404 e. The van der Waals surface area contributed by atoms with Gasteiger partial charge in [0.05, 0.1) is 0 Å². The van der Waals surface area contributed by atoms with Crippen LogP contribution in [0.3, 0.4) is 0 Å². The average molecular weight is 287 g/mol. The highest BCUT2D eigenvalue weighted by molar-refractivity contribution is 6.69. The van der Waals surface area contributed by atoms with Crippen LogP contribution in [-0.4, -0.2) is 27.4 Å². The van der Waals surface area contributed by atoms with Crippen molar-refractivity contribution in [3.05, 3.63) is 0 Å². The fourth-order valence-corrected chi connectivity index (χ4v) is 3.75. The van der Waals surface area contributed by atoms with Gasteiger partial charge in [0.2, 0.25) is 0 Å². The third-order valence-corrected chi connectivity index (χ3v) is 4.51. The van der Waals surface area contributed by atoms with E-state index in [1.807, 2.05) is 0 Å². The molecule has 0 unspecified atom stereocenters. The molecular weight excluding hydrogens is 258 g/mol. The Morgan fingerprint density at radius 2 is 1.89 bits per heavy atom. The Hall–Kier alpha value is -0.393. The van der Waals surface area contributed by atoms with Crippen molar-refractivity contribution in [1.82, 2.24) is 5.48 Å². The lowest BCUT2D eigenvalue weighted by Gasteiger charge is -2.27. The Balaban J connectivity index is 2.45. The lowest BCUT2D eigenvalue weighted by Crippen LogP contribution is -2.39. The predicted molar refractivity (Wildman–Crippen MR) is 79.2 cm³/mol. The van der Waals surface area contributed by atoms with E-state index in [1.54, 1.807) is 7.05 Å². The fourth-order valence-electron chi connectivity index (χ4n) is 2.68. The normalized spacial score (nSPS) is 19.2. The number of hydrogen-bond donors (Lipinski definition) is 1. The number of hydrogen-bond acceptors (Lipinski definition) is 4. The maximum absolute atomic E-state index is 11.9. The van der Waals surface area contributed by atoms with E-state index in [2.05, 4.69) is 25.1 Å². The first-order valence-electron chi connectivity index (χ1n) is 7.47. The predicted octanol–water partition coefficient (Wildman–Crippen LogP) is 3.24. The molecule has 1 saturated carbocycles. The van der Waals surface area contributed by atoms with Crippen molar-refractivity contribution in [3.8, 4) is 0 Å². The smallest absolute Gasteiger partial charge is 0.352 e. The van der Waals surface area contributed by atoms with Crippen molar-refractivity contribution < 1.29 is 14.1 Å². The summed E-state index contributed by atoms with van der Waals surface area (Å²) < 4.78 is 5.97. The van der Waals surface area contributed by atoms with Gasteiger partial charge < -0.3 is 9.26 Å². The third-order valence-electron chi connectivity index (χ3n) is 3.52. The summed E-state index contributed by atoms with van der Waals surface area (Å²) in [6.07, 6.45) is 8.12. The molecule has 1 aliphatic carbocycles. The molecule has 4 nitrogen and oxygen atoms in total. The molecular formula is C14H29NO3Si. The van der Waals surface area contributed by atoms with Gasteiger partial charge >= 0.3 is 5.97 Å². The second-order valence-corrected chi connectivity index (χ2v) is 10.9. The number of carbonyl (C=O) groups excluding carboxylic acids is 1. The van der Waals surface area contributed by atoms with Crippen LogP contribution < -0.4 is 5.48 Å². The lowest BCUT2D eigenvalue weighted by atomic mass is 9.85. The highest BCUT2D eigenvalue weighted by atomic mass is 28.4. The maximum Gasteiger partial charge on any atom is 0.352 e. The first-order chi connectivity index (χ1) is 8.92. The third kappa shape index (κ3) is 7.08. The first-order valence-corrected chi connectivity index (χ1v) is 10.9. The Labute approximate surface area is 118 Å². The molecule has 0 radical (unpaired) electrons. The molecule has 0 amide bonds. The van der Waals surface area contributed by atoms with Crippen molar-refractivity contribution in [2.45, 2.75) is 70.7 Å². The molecule has 0 aromatic rings. The summed E-state index contributed by atoms with van der Waals surface area (Å²) in [5.41, 5.74) is 2.46. The van der Waals surface area contributed by atoms with Crippen molar-refractivity contribution in [2.24, 2.45) is 5.92 Å². The molecule has 1 fully saturated rings. The number of carbonyl (C=O) groups is 1. The molecule has 0 spiro atoms. The lowest BCUT2D eigenvalue weighted by molar-refractivity contribution is -0.159. The Morgan fingerprint density at radius 3 is 2.42 bits per heavy atom. The summed E-state index contributed by atoms with van der Waals surface area (Å²) in [4.78, 5) is 16.8. The molecule has 0 heterocycles. The number of hydroxylamine groups is 1. The highest BCUT2D eigenvalue weighted by Gasteiger charge is 2.28. The molecule has 1 rings (SSSR count). The summed E-state index contributed by atoms with van der Waals surface area (Å²) in [6.45, 7) is 6.31. The van der Waals surface area contributed by atoms with Crippen LogP contribution in [0.1, 0.15) is 44.9 Å². The molecule has 1 aliphatic rings. The van der Waals surface area contributed by atoms with E-state index in [0.717, 1.165) is 18.8 Å². The van der Waals surface area contributed by atoms with Gasteiger partial charge in [0.25, 0.3) is 0 Å². The summed E-state index contributed by atoms with van der Waals surface area (Å²) >= 11 is 0. The minimum Gasteiger partial charge on any atom is -0.404 e. The zero-order chi connectivity index (χ0) is 14.3. The molecule has 0 saturated heterocycles. The van der Waals surface area contributed by atoms with Crippen LogP contribution in [0.2, 0.25) is 19.6 Å². The minimum atomic E-state index is -1.73. The van der Waals surface area contributed by atoms with Gasteiger partial charge in [-0.05, 0) is 38.4 Å². The van der Waals surface area contributed by atoms with E-state index in [4.69, 9.17) is 9.26 Å². The Bertz CT molecular complexity index is 272. The zero-order valence-corrected chi connectivity index (χ0v) is 13.8. The minimum absolute atomic E-state index is 0.277. The highest BCUT2D eigenvalue weighted by Crippen LogP contribution is 2.28. The van der Waals surface area contributed by atoms with Crippen molar-refractivity contribution >= 4 is 14.3 Å². The Kier molecular flexibility index (Phi) is 7.03. The second kappa shape index (κ2) is 8.02. The van der Waals surface area contributed by atoms with Crippen molar-refractivity contribution in [3.63, 3.8) is 0 Å². The van der Waals surface area contributed by atoms with Crippen molar-refractivity contribution in [2.75, 3.05) is 7.05 Å². The van der Waals surface area contributed by atoms with Crippen LogP contribution in [0.25, 0.3) is 0 Å². The van der Waals surface area contributed by atoms with E-state index in [9.17, 15) is 4.79 Å². The molecule has 5 heteroatoms. The fraction of sp³-hybridized carbons (Fsp3) is 0.929. The number of rotatable bonds is 7. The van der Waals surface area contributed by atoms with Gasteiger partial charge in [0, 0.05) is 7.05 Å². The van der Waals surface area contributed by atoms with Gasteiger partial charge in [0.15, 0.2) is 8.32 Å². The van der Waals surface area contributed by atoms with E-state index in [1.165, 1.54) is 32.1 Å². The van der Waals surface area contributed by atoms with Crippen LogP contribution in [-0.2, 0) is 14.1 Å². The van der Waals surface area contributed by atoms with Gasteiger partial charge in [-0.15, -0.1) is 0 Å². The molecule has 0 aliphatic heterocycles. The summed E-state index contributed by atoms with van der Waals surface area (Å²) in [5.74, 6) is 0.490. The van der Waals surface area contributed by atoms with E-state index in [0.29, 0.717) is 0 Å². The summed E-state index contributed by atoms with van der Waals surface area (Å²) in [7, 11) is -0.126. The van der Waals surface area contributed by atoms with Crippen LogP contribution in [0, 0.1) is 5.92 Å². The van der Waals surface area contributed by atoms with E-state index < -0.39 is 14.4 Å². The van der Waals surface area contributed by atoms with Gasteiger partial charge in [-0.3, -0.25) is 0 Å². The van der Waals surface area contributed by atoms with Crippen LogP contribution in [0.5, 0.6) is 0 Å². The van der Waals surface area contributed by atoms with Crippen LogP contribution in [0.15, 0.2) is 0 Å². The average Bonchev–Trinajstić information content (AvgIpc) is 2.34. The van der Waals surface area contributed by atoms with Gasteiger partial charge in [-0.1, -0.05) is 32.1 Å². The summed E-state index contributed by atoms with van der Waals surface area (Å²) in [6, 6.07) is 0. The quantitative estimate of drug-likeness (QED) is 0.577. The number of nitrogens with one attached hydrogen (secondary N) is 1. The topological polar surface area (TPSA) is 47.6 Å².